The third-order valence-corrected chi connectivity index (χ3v) is 3.73. The number of methoxy groups -OCH3 is 1. The zero-order valence-corrected chi connectivity index (χ0v) is 15.0. The number of carbonyl (C=O) groups is 2. The van der Waals surface area contributed by atoms with Crippen LogP contribution < -0.4 is 15.4 Å². The van der Waals surface area contributed by atoms with Crippen LogP contribution in [0.25, 0.3) is 0 Å². The predicted molar refractivity (Wildman–Crippen MR) is 99.4 cm³/mol. The van der Waals surface area contributed by atoms with E-state index in [0.717, 1.165) is 0 Å². The van der Waals surface area contributed by atoms with E-state index in [4.69, 9.17) is 4.74 Å². The fourth-order valence-corrected chi connectivity index (χ4v) is 2.30. The molecule has 0 aromatic heterocycles. The molecule has 0 aliphatic rings. The highest BCUT2D eigenvalue weighted by atomic mass is 16.5. The molecule has 0 bridgehead atoms. The normalized spacial score (nSPS) is 11.4. The van der Waals surface area contributed by atoms with Crippen molar-refractivity contribution in [3.63, 3.8) is 0 Å². The second kappa shape index (κ2) is 8.87. The first-order chi connectivity index (χ1) is 12.4. The SMILES string of the molecule is COc1ccc(C(O)CNC(=O)Nc2cccc(C(=O)N(C)C)c2)cc1. The minimum Gasteiger partial charge on any atom is -0.497 e. The monoisotopic (exact) mass is 357 g/mol. The first-order valence-electron chi connectivity index (χ1n) is 8.09. The molecule has 138 valence electrons. The summed E-state index contributed by atoms with van der Waals surface area (Å²) in [6.07, 6.45) is -0.840. The summed E-state index contributed by atoms with van der Waals surface area (Å²) in [6.45, 7) is 0.0501. The van der Waals surface area contributed by atoms with Crippen LogP contribution in [0.4, 0.5) is 10.5 Å². The minimum absolute atomic E-state index is 0.0501. The second-order valence-electron chi connectivity index (χ2n) is 5.90. The lowest BCUT2D eigenvalue weighted by atomic mass is 10.1. The molecule has 1 unspecified atom stereocenters. The van der Waals surface area contributed by atoms with Gasteiger partial charge in [0.2, 0.25) is 0 Å². The number of urea groups is 1. The first kappa shape index (κ1) is 19.3. The van der Waals surface area contributed by atoms with Crippen molar-refractivity contribution in [3.8, 4) is 5.75 Å². The van der Waals surface area contributed by atoms with Gasteiger partial charge in [-0.05, 0) is 35.9 Å². The number of ether oxygens (including phenoxy) is 1. The van der Waals surface area contributed by atoms with Crippen molar-refractivity contribution in [2.75, 3.05) is 33.1 Å². The van der Waals surface area contributed by atoms with Crippen LogP contribution in [0.1, 0.15) is 22.0 Å². The number of carbonyl (C=O) groups excluding carboxylic acids is 2. The average molecular weight is 357 g/mol. The van der Waals surface area contributed by atoms with Gasteiger partial charge in [-0.25, -0.2) is 4.79 Å². The maximum Gasteiger partial charge on any atom is 0.319 e. The van der Waals surface area contributed by atoms with E-state index in [9.17, 15) is 14.7 Å². The molecule has 2 aromatic carbocycles. The van der Waals surface area contributed by atoms with E-state index in [1.807, 2.05) is 0 Å². The molecule has 0 aliphatic heterocycles. The molecule has 0 spiro atoms. The van der Waals surface area contributed by atoms with Gasteiger partial charge < -0.3 is 25.4 Å². The molecule has 2 rings (SSSR count). The first-order valence-corrected chi connectivity index (χ1v) is 8.09. The Balaban J connectivity index is 1.90. The summed E-state index contributed by atoms with van der Waals surface area (Å²) in [7, 11) is 4.89. The highest BCUT2D eigenvalue weighted by Gasteiger charge is 2.11. The Morgan fingerprint density at radius 3 is 2.46 bits per heavy atom. The lowest BCUT2D eigenvalue weighted by Crippen LogP contribution is -2.32. The zero-order chi connectivity index (χ0) is 19.1. The topological polar surface area (TPSA) is 90.9 Å². The number of anilines is 1. The summed E-state index contributed by atoms with van der Waals surface area (Å²) in [5.41, 5.74) is 1.64. The van der Waals surface area contributed by atoms with Gasteiger partial charge in [-0.15, -0.1) is 0 Å². The summed E-state index contributed by atoms with van der Waals surface area (Å²) in [5, 5.41) is 15.4. The molecule has 2 aromatic rings. The van der Waals surface area contributed by atoms with Gasteiger partial charge in [0.25, 0.3) is 5.91 Å². The van der Waals surface area contributed by atoms with E-state index in [2.05, 4.69) is 10.6 Å². The number of benzene rings is 2. The molecule has 26 heavy (non-hydrogen) atoms. The van der Waals surface area contributed by atoms with Crippen LogP contribution >= 0.6 is 0 Å². The number of rotatable bonds is 6. The predicted octanol–water partition coefficient (Wildman–Crippen LogP) is 2.25. The summed E-state index contributed by atoms with van der Waals surface area (Å²) in [5.74, 6) is 0.544. The van der Waals surface area contributed by atoms with Crippen molar-refractivity contribution in [1.82, 2.24) is 10.2 Å². The quantitative estimate of drug-likeness (QED) is 0.739. The van der Waals surface area contributed by atoms with Gasteiger partial charge in [0, 0.05) is 31.9 Å². The molecule has 7 nitrogen and oxygen atoms in total. The number of nitrogens with zero attached hydrogens (tertiary/aromatic N) is 1. The molecule has 1 atom stereocenters. The Morgan fingerprint density at radius 2 is 1.85 bits per heavy atom. The van der Waals surface area contributed by atoms with Gasteiger partial charge in [0.15, 0.2) is 0 Å². The van der Waals surface area contributed by atoms with Crippen molar-refractivity contribution in [2.24, 2.45) is 0 Å². The largest absolute Gasteiger partial charge is 0.497 e. The second-order valence-corrected chi connectivity index (χ2v) is 5.90. The van der Waals surface area contributed by atoms with Crippen LogP contribution in [0.2, 0.25) is 0 Å². The molecule has 7 heteroatoms. The average Bonchev–Trinajstić information content (AvgIpc) is 2.65. The summed E-state index contributed by atoms with van der Waals surface area (Å²) < 4.78 is 5.07. The fourth-order valence-electron chi connectivity index (χ4n) is 2.30. The van der Waals surface area contributed by atoms with Crippen molar-refractivity contribution < 1.29 is 19.4 Å². The molecule has 0 saturated carbocycles. The van der Waals surface area contributed by atoms with E-state index in [0.29, 0.717) is 22.6 Å². The van der Waals surface area contributed by atoms with Crippen molar-refractivity contribution in [2.45, 2.75) is 6.10 Å². The number of nitrogens with one attached hydrogen (secondary N) is 2. The third-order valence-electron chi connectivity index (χ3n) is 3.73. The van der Waals surface area contributed by atoms with Crippen LogP contribution in [0.5, 0.6) is 5.75 Å². The van der Waals surface area contributed by atoms with Crippen molar-refractivity contribution in [3.05, 3.63) is 59.7 Å². The molecule has 0 aliphatic carbocycles. The highest BCUT2D eigenvalue weighted by molar-refractivity contribution is 5.96. The summed E-state index contributed by atoms with van der Waals surface area (Å²) in [6, 6.07) is 13.1. The highest BCUT2D eigenvalue weighted by Crippen LogP contribution is 2.17. The van der Waals surface area contributed by atoms with E-state index >= 15 is 0 Å². The standard InChI is InChI=1S/C19H23N3O4/c1-22(2)18(24)14-5-4-6-15(11-14)21-19(25)20-12-17(23)13-7-9-16(26-3)10-8-13/h4-11,17,23H,12H2,1-3H3,(H2,20,21,25). The lowest BCUT2D eigenvalue weighted by Gasteiger charge is -2.14. The van der Waals surface area contributed by atoms with Crippen LogP contribution in [0.3, 0.4) is 0 Å². The van der Waals surface area contributed by atoms with Crippen molar-refractivity contribution in [1.29, 1.82) is 0 Å². The van der Waals surface area contributed by atoms with Gasteiger partial charge in [-0.2, -0.15) is 0 Å². The van der Waals surface area contributed by atoms with Gasteiger partial charge in [0.1, 0.15) is 5.75 Å². The van der Waals surface area contributed by atoms with Crippen molar-refractivity contribution >= 4 is 17.6 Å². The molecule has 0 fully saturated rings. The minimum atomic E-state index is -0.840. The van der Waals surface area contributed by atoms with Crippen LogP contribution in [-0.4, -0.2) is 49.7 Å². The van der Waals surface area contributed by atoms with E-state index in [-0.39, 0.29) is 12.5 Å². The van der Waals surface area contributed by atoms with E-state index < -0.39 is 12.1 Å². The Labute approximate surface area is 152 Å². The smallest absolute Gasteiger partial charge is 0.319 e. The Morgan fingerprint density at radius 1 is 1.15 bits per heavy atom. The number of aliphatic hydroxyl groups excluding tert-OH is 1. The van der Waals surface area contributed by atoms with Crippen LogP contribution in [0.15, 0.2) is 48.5 Å². The summed E-state index contributed by atoms with van der Waals surface area (Å²) in [4.78, 5) is 25.4. The molecular formula is C19H23N3O4. The summed E-state index contributed by atoms with van der Waals surface area (Å²) >= 11 is 0. The lowest BCUT2D eigenvalue weighted by molar-refractivity contribution is 0.0827. The molecule has 0 heterocycles. The molecular weight excluding hydrogens is 334 g/mol. The van der Waals surface area contributed by atoms with Crippen LogP contribution in [-0.2, 0) is 0 Å². The van der Waals surface area contributed by atoms with Gasteiger partial charge in [-0.3, -0.25) is 4.79 Å². The van der Waals surface area contributed by atoms with Crippen LogP contribution in [0, 0.1) is 0 Å². The molecule has 3 N–H and O–H groups in total. The number of aliphatic hydroxyl groups is 1. The zero-order valence-electron chi connectivity index (χ0n) is 15.0. The Hall–Kier alpha value is -3.06. The Kier molecular flexibility index (Phi) is 6.57. The van der Waals surface area contributed by atoms with E-state index in [1.165, 1.54) is 4.90 Å². The van der Waals surface area contributed by atoms with Gasteiger partial charge in [-0.1, -0.05) is 18.2 Å². The van der Waals surface area contributed by atoms with Gasteiger partial charge in [0.05, 0.1) is 13.2 Å². The number of amides is 3. The molecule has 0 radical (unpaired) electrons. The molecule has 0 saturated heterocycles. The molecule has 3 amide bonds. The fraction of sp³-hybridized carbons (Fsp3) is 0.263. The van der Waals surface area contributed by atoms with E-state index in [1.54, 1.807) is 69.7 Å². The third kappa shape index (κ3) is 5.22. The number of hydrogen-bond donors (Lipinski definition) is 3. The number of hydrogen-bond acceptors (Lipinski definition) is 4. The maximum atomic E-state index is 12.0. The van der Waals surface area contributed by atoms with Gasteiger partial charge >= 0.3 is 6.03 Å². The maximum absolute atomic E-state index is 12.0. The Bertz CT molecular complexity index is 760.